The number of para-hydroxylation sites is 1. The third kappa shape index (κ3) is 3.81. The van der Waals surface area contributed by atoms with E-state index in [1.807, 2.05) is 43.5 Å². The molecule has 0 atom stereocenters. The number of nitrogens with zero attached hydrogens (tertiary/aromatic N) is 2. The van der Waals surface area contributed by atoms with Gasteiger partial charge in [0.2, 0.25) is 5.91 Å². The van der Waals surface area contributed by atoms with E-state index in [0.29, 0.717) is 6.54 Å². The van der Waals surface area contributed by atoms with E-state index in [-0.39, 0.29) is 5.91 Å². The van der Waals surface area contributed by atoms with Crippen LogP contribution in [-0.2, 0) is 4.79 Å². The molecule has 19 heavy (non-hydrogen) atoms. The molecule has 4 nitrogen and oxygen atoms in total. The van der Waals surface area contributed by atoms with E-state index < -0.39 is 0 Å². The van der Waals surface area contributed by atoms with Gasteiger partial charge >= 0.3 is 0 Å². The number of carbonyl (C=O) groups excluding carboxylic acids is 1. The average Bonchev–Trinajstić information content (AvgIpc) is 2.93. The second kappa shape index (κ2) is 6.54. The molecule has 0 saturated carbocycles. The summed E-state index contributed by atoms with van der Waals surface area (Å²) in [4.78, 5) is 11.4. The highest BCUT2D eigenvalue weighted by molar-refractivity contribution is 5.91. The molecule has 1 amide bonds. The molecular weight excluding hydrogens is 238 g/mol. The molecule has 2 aromatic rings. The van der Waals surface area contributed by atoms with Crippen molar-refractivity contribution in [2.45, 2.75) is 13.3 Å². The molecule has 1 aromatic heterocycles. The van der Waals surface area contributed by atoms with Crippen molar-refractivity contribution in [1.82, 2.24) is 15.1 Å². The van der Waals surface area contributed by atoms with Gasteiger partial charge in [0, 0.05) is 24.4 Å². The van der Waals surface area contributed by atoms with Crippen molar-refractivity contribution in [2.75, 3.05) is 6.54 Å². The van der Waals surface area contributed by atoms with Gasteiger partial charge in [0.1, 0.15) is 0 Å². The van der Waals surface area contributed by atoms with Crippen LogP contribution < -0.4 is 5.32 Å². The van der Waals surface area contributed by atoms with Crippen molar-refractivity contribution in [3.63, 3.8) is 0 Å². The van der Waals surface area contributed by atoms with Gasteiger partial charge in [-0.2, -0.15) is 5.10 Å². The number of rotatable bonds is 5. The van der Waals surface area contributed by atoms with Gasteiger partial charge in [-0.25, -0.2) is 4.68 Å². The van der Waals surface area contributed by atoms with E-state index in [0.717, 1.165) is 17.7 Å². The fourth-order valence-corrected chi connectivity index (χ4v) is 1.62. The van der Waals surface area contributed by atoms with Crippen LogP contribution in [-0.4, -0.2) is 22.2 Å². The Balaban J connectivity index is 2.02. The van der Waals surface area contributed by atoms with Crippen molar-refractivity contribution in [3.8, 4) is 5.69 Å². The Hall–Kier alpha value is -2.36. The lowest BCUT2D eigenvalue weighted by Gasteiger charge is -1.98. The topological polar surface area (TPSA) is 46.9 Å². The first-order valence-corrected chi connectivity index (χ1v) is 6.35. The second-order valence-corrected chi connectivity index (χ2v) is 4.18. The predicted molar refractivity (Wildman–Crippen MR) is 75.9 cm³/mol. The molecule has 0 aliphatic rings. The summed E-state index contributed by atoms with van der Waals surface area (Å²) in [5.74, 6) is -0.0747. The van der Waals surface area contributed by atoms with E-state index in [9.17, 15) is 4.79 Å². The molecule has 0 bridgehead atoms. The Bertz CT molecular complexity index is 558. The number of hydrogen-bond donors (Lipinski definition) is 1. The molecule has 1 N–H and O–H groups in total. The maximum atomic E-state index is 11.4. The standard InChI is InChI=1S/C15H17N3O/c1-2-10-16-15(19)9-8-13-11-17-18(12-13)14-6-4-3-5-7-14/h3-9,11-12H,2,10H2,1H3,(H,16,19). The minimum Gasteiger partial charge on any atom is -0.353 e. The summed E-state index contributed by atoms with van der Waals surface area (Å²) in [6.07, 6.45) is 7.85. The molecule has 0 radical (unpaired) electrons. The van der Waals surface area contributed by atoms with Crippen LogP contribution in [0.3, 0.4) is 0 Å². The Morgan fingerprint density at radius 1 is 1.37 bits per heavy atom. The molecule has 1 aromatic carbocycles. The quantitative estimate of drug-likeness (QED) is 0.834. The summed E-state index contributed by atoms with van der Waals surface area (Å²) in [5.41, 5.74) is 1.90. The van der Waals surface area contributed by atoms with Crippen molar-refractivity contribution in [1.29, 1.82) is 0 Å². The van der Waals surface area contributed by atoms with Crippen LogP contribution in [0.2, 0.25) is 0 Å². The third-order valence-electron chi connectivity index (χ3n) is 2.60. The molecule has 0 saturated heterocycles. The smallest absolute Gasteiger partial charge is 0.244 e. The van der Waals surface area contributed by atoms with Gasteiger partial charge in [-0.3, -0.25) is 4.79 Å². The van der Waals surface area contributed by atoms with Crippen molar-refractivity contribution < 1.29 is 4.79 Å². The number of nitrogens with one attached hydrogen (secondary N) is 1. The number of hydrogen-bond acceptors (Lipinski definition) is 2. The second-order valence-electron chi connectivity index (χ2n) is 4.18. The molecule has 0 spiro atoms. The minimum atomic E-state index is -0.0747. The Kier molecular flexibility index (Phi) is 4.50. The number of aromatic nitrogens is 2. The minimum absolute atomic E-state index is 0.0747. The van der Waals surface area contributed by atoms with Crippen LogP contribution in [0.1, 0.15) is 18.9 Å². The van der Waals surface area contributed by atoms with Gasteiger partial charge in [0.25, 0.3) is 0 Å². The highest BCUT2D eigenvalue weighted by Gasteiger charge is 1.98. The van der Waals surface area contributed by atoms with Crippen LogP contribution >= 0.6 is 0 Å². The molecule has 4 heteroatoms. The fraction of sp³-hybridized carbons (Fsp3) is 0.200. The average molecular weight is 255 g/mol. The molecule has 0 aliphatic carbocycles. The van der Waals surface area contributed by atoms with E-state index in [1.165, 1.54) is 6.08 Å². The largest absolute Gasteiger partial charge is 0.353 e. The maximum absolute atomic E-state index is 11.4. The van der Waals surface area contributed by atoms with Crippen LogP contribution in [0.25, 0.3) is 11.8 Å². The summed E-state index contributed by atoms with van der Waals surface area (Å²) in [6, 6.07) is 9.85. The maximum Gasteiger partial charge on any atom is 0.244 e. The van der Waals surface area contributed by atoms with E-state index >= 15 is 0 Å². The highest BCUT2D eigenvalue weighted by Crippen LogP contribution is 2.08. The first kappa shape index (κ1) is 13.1. The Labute approximate surface area is 112 Å². The predicted octanol–water partition coefficient (Wildman–Crippen LogP) is 2.41. The van der Waals surface area contributed by atoms with Crippen molar-refractivity contribution >= 4 is 12.0 Å². The number of carbonyl (C=O) groups is 1. The van der Waals surface area contributed by atoms with Crippen LogP contribution in [0.4, 0.5) is 0 Å². The highest BCUT2D eigenvalue weighted by atomic mass is 16.1. The molecule has 0 aliphatic heterocycles. The first-order chi connectivity index (χ1) is 9.29. The number of amides is 1. The zero-order valence-corrected chi connectivity index (χ0v) is 10.9. The summed E-state index contributed by atoms with van der Waals surface area (Å²) >= 11 is 0. The SMILES string of the molecule is CCCNC(=O)C=Cc1cnn(-c2ccccc2)c1. The van der Waals surface area contributed by atoms with Gasteiger partial charge in [-0.05, 0) is 24.6 Å². The molecule has 1 heterocycles. The molecule has 98 valence electrons. The van der Waals surface area contributed by atoms with Gasteiger partial charge in [0.15, 0.2) is 0 Å². The van der Waals surface area contributed by atoms with Crippen molar-refractivity contribution in [2.24, 2.45) is 0 Å². The van der Waals surface area contributed by atoms with Crippen LogP contribution in [0.15, 0.2) is 48.8 Å². The summed E-state index contributed by atoms with van der Waals surface area (Å²) in [6.45, 7) is 2.72. The third-order valence-corrected chi connectivity index (χ3v) is 2.60. The van der Waals surface area contributed by atoms with Gasteiger partial charge in [-0.15, -0.1) is 0 Å². The van der Waals surface area contributed by atoms with E-state index in [2.05, 4.69) is 10.4 Å². The normalized spacial score (nSPS) is 10.8. The van der Waals surface area contributed by atoms with Crippen LogP contribution in [0.5, 0.6) is 0 Å². The zero-order chi connectivity index (χ0) is 13.5. The molecule has 2 rings (SSSR count). The zero-order valence-electron chi connectivity index (χ0n) is 10.9. The Morgan fingerprint density at radius 2 is 2.16 bits per heavy atom. The van der Waals surface area contributed by atoms with Gasteiger partial charge in [0.05, 0.1) is 11.9 Å². The Morgan fingerprint density at radius 3 is 2.89 bits per heavy atom. The van der Waals surface area contributed by atoms with Crippen LogP contribution in [0, 0.1) is 0 Å². The van der Waals surface area contributed by atoms with E-state index in [1.54, 1.807) is 17.0 Å². The molecular formula is C15H17N3O. The first-order valence-electron chi connectivity index (χ1n) is 6.35. The number of benzene rings is 1. The lowest BCUT2D eigenvalue weighted by Crippen LogP contribution is -2.21. The summed E-state index contributed by atoms with van der Waals surface area (Å²) in [5, 5.41) is 7.05. The molecule has 0 unspecified atom stereocenters. The lowest BCUT2D eigenvalue weighted by atomic mass is 10.3. The lowest BCUT2D eigenvalue weighted by molar-refractivity contribution is -0.116. The fourth-order valence-electron chi connectivity index (χ4n) is 1.62. The van der Waals surface area contributed by atoms with Gasteiger partial charge in [-0.1, -0.05) is 25.1 Å². The molecule has 0 fully saturated rings. The van der Waals surface area contributed by atoms with Crippen molar-refractivity contribution in [3.05, 3.63) is 54.4 Å². The van der Waals surface area contributed by atoms with E-state index in [4.69, 9.17) is 0 Å². The monoisotopic (exact) mass is 255 g/mol. The summed E-state index contributed by atoms with van der Waals surface area (Å²) in [7, 11) is 0. The van der Waals surface area contributed by atoms with Gasteiger partial charge < -0.3 is 5.32 Å². The summed E-state index contributed by atoms with van der Waals surface area (Å²) < 4.78 is 1.78.